The lowest BCUT2D eigenvalue weighted by Gasteiger charge is -2.19. The Hall–Kier alpha value is -2.69. The average molecular weight is 284 g/mol. The number of benzene rings is 2. The van der Waals surface area contributed by atoms with Crippen LogP contribution in [0.4, 0.5) is 11.4 Å². The fraction of sp³-hybridized carbons (Fsp3) is 0.188. The highest BCUT2D eigenvalue weighted by Gasteiger charge is 2.29. The van der Waals surface area contributed by atoms with Crippen LogP contribution in [0.3, 0.4) is 0 Å². The van der Waals surface area contributed by atoms with E-state index in [0.29, 0.717) is 18.0 Å². The molecule has 1 aliphatic rings. The Balaban J connectivity index is 2.02. The van der Waals surface area contributed by atoms with Crippen molar-refractivity contribution in [3.8, 4) is 11.5 Å². The number of aromatic hydroxyl groups is 1. The summed E-state index contributed by atoms with van der Waals surface area (Å²) in [6.45, 7) is 0.555. The minimum Gasteiger partial charge on any atom is -0.507 e. The first-order chi connectivity index (χ1) is 10.1. The van der Waals surface area contributed by atoms with Gasteiger partial charge in [-0.3, -0.25) is 4.79 Å². The number of fused-ring (bicyclic) bond motifs is 1. The van der Waals surface area contributed by atoms with Gasteiger partial charge >= 0.3 is 0 Å². The van der Waals surface area contributed by atoms with Gasteiger partial charge < -0.3 is 20.5 Å². The highest BCUT2D eigenvalue weighted by Crippen LogP contribution is 2.36. The Kier molecular flexibility index (Phi) is 3.17. The number of nitrogen functional groups attached to an aromatic ring is 1. The summed E-state index contributed by atoms with van der Waals surface area (Å²) in [7, 11) is 1.52. The van der Waals surface area contributed by atoms with E-state index in [1.165, 1.54) is 19.2 Å². The summed E-state index contributed by atoms with van der Waals surface area (Å²) in [4.78, 5) is 14.3. The maximum atomic E-state index is 12.7. The molecule has 0 unspecified atom stereocenters. The van der Waals surface area contributed by atoms with Crippen LogP contribution in [0, 0.1) is 0 Å². The number of amides is 1. The van der Waals surface area contributed by atoms with Gasteiger partial charge in [-0.2, -0.15) is 0 Å². The minimum atomic E-state index is -0.275. The van der Waals surface area contributed by atoms with Crippen LogP contribution in [0.1, 0.15) is 15.9 Å². The zero-order chi connectivity index (χ0) is 15.0. The summed E-state index contributed by atoms with van der Waals surface area (Å²) in [5, 5.41) is 9.94. The van der Waals surface area contributed by atoms with E-state index in [4.69, 9.17) is 10.5 Å². The van der Waals surface area contributed by atoms with Gasteiger partial charge in [-0.15, -0.1) is 0 Å². The summed E-state index contributed by atoms with van der Waals surface area (Å²) >= 11 is 0. The summed E-state index contributed by atoms with van der Waals surface area (Å²) in [5.74, 6) is 0.184. The number of phenols is 1. The predicted octanol–water partition coefficient (Wildman–Crippen LogP) is 2.19. The second-order valence-electron chi connectivity index (χ2n) is 4.94. The van der Waals surface area contributed by atoms with E-state index in [-0.39, 0.29) is 17.2 Å². The Bertz CT molecular complexity index is 713. The zero-order valence-corrected chi connectivity index (χ0v) is 11.7. The van der Waals surface area contributed by atoms with Crippen molar-refractivity contribution in [2.45, 2.75) is 6.42 Å². The van der Waals surface area contributed by atoms with Gasteiger partial charge in [0.05, 0.1) is 24.0 Å². The number of ether oxygens (including phenoxy) is 1. The van der Waals surface area contributed by atoms with Crippen molar-refractivity contribution in [3.63, 3.8) is 0 Å². The number of rotatable bonds is 2. The number of nitrogens with zero attached hydrogens (tertiary/aromatic N) is 1. The molecule has 1 amide bonds. The number of methoxy groups -OCH3 is 1. The first-order valence-electron chi connectivity index (χ1n) is 6.68. The summed E-state index contributed by atoms with van der Waals surface area (Å²) in [6, 6.07) is 10.2. The second kappa shape index (κ2) is 5.01. The quantitative estimate of drug-likeness (QED) is 0.829. The lowest BCUT2D eigenvalue weighted by atomic mass is 10.1. The molecule has 0 bridgehead atoms. The number of para-hydroxylation sites is 1. The number of anilines is 2. The molecule has 0 radical (unpaired) electrons. The number of hydrogen-bond donors (Lipinski definition) is 2. The largest absolute Gasteiger partial charge is 0.507 e. The fourth-order valence-electron chi connectivity index (χ4n) is 2.65. The fourth-order valence-corrected chi connectivity index (χ4v) is 2.65. The van der Waals surface area contributed by atoms with E-state index in [0.717, 1.165) is 17.7 Å². The van der Waals surface area contributed by atoms with Crippen molar-refractivity contribution >= 4 is 17.3 Å². The molecule has 3 N–H and O–H groups in total. The van der Waals surface area contributed by atoms with Gasteiger partial charge in [0.1, 0.15) is 11.5 Å². The summed E-state index contributed by atoms with van der Waals surface area (Å²) < 4.78 is 5.11. The third-order valence-corrected chi connectivity index (χ3v) is 3.70. The second-order valence-corrected chi connectivity index (χ2v) is 4.94. The minimum absolute atomic E-state index is 0.0660. The van der Waals surface area contributed by atoms with Crippen molar-refractivity contribution < 1.29 is 14.6 Å². The van der Waals surface area contributed by atoms with Gasteiger partial charge in [0.15, 0.2) is 0 Å². The summed E-state index contributed by atoms with van der Waals surface area (Å²) in [6.07, 6.45) is 0.761. The molecule has 0 spiro atoms. The number of phenolic OH excluding ortho intramolecular Hbond substituents is 1. The van der Waals surface area contributed by atoms with E-state index in [1.54, 1.807) is 17.0 Å². The van der Waals surface area contributed by atoms with Crippen molar-refractivity contribution in [1.29, 1.82) is 0 Å². The van der Waals surface area contributed by atoms with E-state index >= 15 is 0 Å². The number of nitrogens with two attached hydrogens (primary N) is 1. The smallest absolute Gasteiger partial charge is 0.262 e. The molecule has 2 aromatic rings. The van der Waals surface area contributed by atoms with Gasteiger partial charge in [0.2, 0.25) is 0 Å². The molecule has 0 saturated heterocycles. The Morgan fingerprint density at radius 1 is 1.33 bits per heavy atom. The number of carbonyl (C=O) groups excluding carboxylic acids is 1. The van der Waals surface area contributed by atoms with Crippen molar-refractivity contribution in [1.82, 2.24) is 0 Å². The average Bonchev–Trinajstić information content (AvgIpc) is 2.92. The van der Waals surface area contributed by atoms with Crippen LogP contribution < -0.4 is 15.4 Å². The monoisotopic (exact) mass is 284 g/mol. The van der Waals surface area contributed by atoms with Gasteiger partial charge in [-0.05, 0) is 36.2 Å². The van der Waals surface area contributed by atoms with E-state index < -0.39 is 0 Å². The molecule has 0 fully saturated rings. The standard InChI is InChI=1S/C16H16N2O3/c1-21-11-5-6-14(19)12(9-11)16(20)18-8-7-10-3-2-4-13(17)15(10)18/h2-6,9,19H,7-8,17H2,1H3. The molecular formula is C16H16N2O3. The molecule has 1 aliphatic heterocycles. The zero-order valence-electron chi connectivity index (χ0n) is 11.7. The van der Waals surface area contributed by atoms with E-state index in [1.807, 2.05) is 12.1 Å². The molecule has 5 nitrogen and oxygen atoms in total. The molecule has 2 aromatic carbocycles. The summed E-state index contributed by atoms with van der Waals surface area (Å²) in [5.41, 5.74) is 8.56. The van der Waals surface area contributed by atoms with Crippen LogP contribution in [-0.2, 0) is 6.42 Å². The first kappa shape index (κ1) is 13.3. The molecule has 0 aromatic heterocycles. The predicted molar refractivity (Wildman–Crippen MR) is 80.9 cm³/mol. The van der Waals surface area contributed by atoms with E-state index in [9.17, 15) is 9.90 Å². The van der Waals surface area contributed by atoms with Gasteiger partial charge in [-0.1, -0.05) is 12.1 Å². The molecule has 21 heavy (non-hydrogen) atoms. The third-order valence-electron chi connectivity index (χ3n) is 3.70. The van der Waals surface area contributed by atoms with Crippen LogP contribution >= 0.6 is 0 Å². The molecule has 1 heterocycles. The third kappa shape index (κ3) is 2.16. The molecule has 0 saturated carbocycles. The SMILES string of the molecule is COc1ccc(O)c(C(=O)N2CCc3cccc(N)c32)c1. The Labute approximate surface area is 122 Å². The Morgan fingerprint density at radius 3 is 2.90 bits per heavy atom. The van der Waals surface area contributed by atoms with Crippen LogP contribution in [0.5, 0.6) is 11.5 Å². The highest BCUT2D eigenvalue weighted by atomic mass is 16.5. The van der Waals surface area contributed by atoms with Crippen molar-refractivity contribution in [2.75, 3.05) is 24.3 Å². The van der Waals surface area contributed by atoms with Crippen LogP contribution in [0.2, 0.25) is 0 Å². The molecule has 108 valence electrons. The van der Waals surface area contributed by atoms with Gasteiger partial charge in [-0.25, -0.2) is 0 Å². The normalized spacial score (nSPS) is 13.1. The Morgan fingerprint density at radius 2 is 2.14 bits per heavy atom. The molecule has 3 rings (SSSR count). The highest BCUT2D eigenvalue weighted by molar-refractivity contribution is 6.10. The number of carbonyl (C=O) groups is 1. The van der Waals surface area contributed by atoms with Crippen LogP contribution in [-0.4, -0.2) is 24.7 Å². The van der Waals surface area contributed by atoms with Gasteiger partial charge in [0, 0.05) is 6.54 Å². The topological polar surface area (TPSA) is 75.8 Å². The van der Waals surface area contributed by atoms with Crippen molar-refractivity contribution in [3.05, 3.63) is 47.5 Å². The maximum Gasteiger partial charge on any atom is 0.262 e. The molecule has 5 heteroatoms. The van der Waals surface area contributed by atoms with Crippen LogP contribution in [0.15, 0.2) is 36.4 Å². The number of hydrogen-bond acceptors (Lipinski definition) is 4. The lowest BCUT2D eigenvalue weighted by molar-refractivity contribution is 0.0986. The van der Waals surface area contributed by atoms with Crippen molar-refractivity contribution in [2.24, 2.45) is 0 Å². The molecular weight excluding hydrogens is 268 g/mol. The lowest BCUT2D eigenvalue weighted by Crippen LogP contribution is -2.29. The molecule has 0 atom stereocenters. The maximum absolute atomic E-state index is 12.7. The first-order valence-corrected chi connectivity index (χ1v) is 6.68. The van der Waals surface area contributed by atoms with Crippen LogP contribution in [0.25, 0.3) is 0 Å². The van der Waals surface area contributed by atoms with E-state index in [2.05, 4.69) is 0 Å². The molecule has 0 aliphatic carbocycles. The van der Waals surface area contributed by atoms with Gasteiger partial charge in [0.25, 0.3) is 5.91 Å².